The Bertz CT molecular complexity index is 749. The van der Waals surface area contributed by atoms with Crippen LogP contribution in [0.2, 0.25) is 0 Å². The van der Waals surface area contributed by atoms with E-state index in [1.165, 1.54) is 12.3 Å². The van der Waals surface area contributed by atoms with Crippen molar-refractivity contribution in [3.8, 4) is 5.75 Å². The van der Waals surface area contributed by atoms with Gasteiger partial charge in [0.25, 0.3) is 5.91 Å². The van der Waals surface area contributed by atoms with Gasteiger partial charge in [0.15, 0.2) is 11.6 Å². The second kappa shape index (κ2) is 7.25. The maximum Gasteiger partial charge on any atom is 0.255 e. The minimum atomic E-state index is -0.928. The van der Waals surface area contributed by atoms with E-state index in [0.717, 1.165) is 16.6 Å². The number of benzene rings is 1. The summed E-state index contributed by atoms with van der Waals surface area (Å²) in [5, 5.41) is 0. The molecule has 0 N–H and O–H groups in total. The van der Waals surface area contributed by atoms with Gasteiger partial charge in [0.05, 0.1) is 5.56 Å². The molecule has 0 saturated carbocycles. The zero-order valence-corrected chi connectivity index (χ0v) is 14.3. The monoisotopic (exact) mass is 396 g/mol. The number of piperidine rings is 1. The third-order valence-corrected chi connectivity index (χ3v) is 4.31. The molecule has 2 aromatic rings. The highest BCUT2D eigenvalue weighted by molar-refractivity contribution is 9.10. The molecule has 1 aromatic heterocycles. The van der Waals surface area contributed by atoms with Gasteiger partial charge in [-0.3, -0.25) is 9.78 Å². The Hall–Kier alpha value is -2.02. The van der Waals surface area contributed by atoms with Crippen molar-refractivity contribution in [3.05, 3.63) is 58.3 Å². The first-order valence-electron chi connectivity index (χ1n) is 7.54. The molecule has 1 aliphatic rings. The molecule has 0 unspecified atom stereocenters. The van der Waals surface area contributed by atoms with Gasteiger partial charge in [-0.15, -0.1) is 0 Å². The number of carbonyl (C=O) groups excluding carboxylic acids is 1. The van der Waals surface area contributed by atoms with Gasteiger partial charge in [0.2, 0.25) is 0 Å². The molecular weight excluding hydrogens is 382 g/mol. The van der Waals surface area contributed by atoms with Crippen LogP contribution in [0.3, 0.4) is 0 Å². The molecule has 0 bridgehead atoms. The number of carbonyl (C=O) groups is 1. The lowest BCUT2D eigenvalue weighted by Crippen LogP contribution is -2.41. The van der Waals surface area contributed by atoms with Gasteiger partial charge in [-0.25, -0.2) is 8.78 Å². The van der Waals surface area contributed by atoms with Crippen LogP contribution < -0.4 is 4.74 Å². The molecule has 0 aliphatic carbocycles. The van der Waals surface area contributed by atoms with Crippen molar-refractivity contribution in [1.82, 2.24) is 9.88 Å². The Morgan fingerprint density at radius 3 is 2.58 bits per heavy atom. The topological polar surface area (TPSA) is 42.4 Å². The lowest BCUT2D eigenvalue weighted by molar-refractivity contribution is 0.0594. The zero-order chi connectivity index (χ0) is 17.1. The number of hydrogen-bond donors (Lipinski definition) is 0. The van der Waals surface area contributed by atoms with Crippen molar-refractivity contribution in [2.24, 2.45) is 0 Å². The molecule has 0 spiro atoms. The highest BCUT2D eigenvalue weighted by Crippen LogP contribution is 2.22. The van der Waals surface area contributed by atoms with Crippen LogP contribution in [0, 0.1) is 11.6 Å². The minimum Gasteiger partial charge on any atom is -0.490 e. The number of aromatic nitrogens is 1. The van der Waals surface area contributed by atoms with Gasteiger partial charge in [-0.2, -0.15) is 0 Å². The van der Waals surface area contributed by atoms with Crippen LogP contribution in [0.25, 0.3) is 0 Å². The molecule has 1 saturated heterocycles. The van der Waals surface area contributed by atoms with Gasteiger partial charge < -0.3 is 9.64 Å². The van der Waals surface area contributed by atoms with E-state index in [-0.39, 0.29) is 12.0 Å². The summed E-state index contributed by atoms with van der Waals surface area (Å²) < 4.78 is 32.6. The summed E-state index contributed by atoms with van der Waals surface area (Å²) in [6, 6.07) is 5.23. The van der Waals surface area contributed by atoms with E-state index < -0.39 is 11.6 Å². The number of pyridine rings is 1. The number of hydrogen-bond acceptors (Lipinski definition) is 3. The molecule has 2 heterocycles. The summed E-state index contributed by atoms with van der Waals surface area (Å²) in [6.45, 7) is 1.08. The largest absolute Gasteiger partial charge is 0.490 e. The molecule has 1 aromatic carbocycles. The van der Waals surface area contributed by atoms with Crippen molar-refractivity contribution < 1.29 is 18.3 Å². The molecule has 1 amide bonds. The fourth-order valence-corrected chi connectivity index (χ4v) is 3.00. The zero-order valence-electron chi connectivity index (χ0n) is 12.7. The maximum atomic E-state index is 13.2. The maximum absolute atomic E-state index is 13.2. The van der Waals surface area contributed by atoms with Crippen molar-refractivity contribution in [3.63, 3.8) is 0 Å². The lowest BCUT2D eigenvalue weighted by Gasteiger charge is -2.32. The van der Waals surface area contributed by atoms with Gasteiger partial charge in [0.1, 0.15) is 11.9 Å². The molecule has 0 atom stereocenters. The predicted molar refractivity (Wildman–Crippen MR) is 87.8 cm³/mol. The van der Waals surface area contributed by atoms with Crippen LogP contribution in [0.5, 0.6) is 5.75 Å². The van der Waals surface area contributed by atoms with Gasteiger partial charge in [0, 0.05) is 48.9 Å². The van der Waals surface area contributed by atoms with Gasteiger partial charge in [-0.1, -0.05) is 0 Å². The third kappa shape index (κ3) is 3.90. The van der Waals surface area contributed by atoms with Gasteiger partial charge >= 0.3 is 0 Å². The lowest BCUT2D eigenvalue weighted by atomic mass is 10.1. The second-order valence-electron chi connectivity index (χ2n) is 5.58. The summed E-state index contributed by atoms with van der Waals surface area (Å²) in [7, 11) is 0. The molecule has 24 heavy (non-hydrogen) atoms. The first-order chi connectivity index (χ1) is 11.5. The van der Waals surface area contributed by atoms with Crippen molar-refractivity contribution in [1.29, 1.82) is 0 Å². The fourth-order valence-electron chi connectivity index (χ4n) is 2.63. The molecule has 126 valence electrons. The number of likely N-dealkylation sites (tertiary alicyclic amines) is 1. The van der Waals surface area contributed by atoms with Crippen LogP contribution in [0.1, 0.15) is 23.2 Å². The third-order valence-electron chi connectivity index (χ3n) is 3.87. The quantitative estimate of drug-likeness (QED) is 0.791. The normalized spacial score (nSPS) is 15.4. The molecule has 3 rings (SSSR count). The fraction of sp³-hybridized carbons (Fsp3) is 0.294. The Morgan fingerprint density at radius 1 is 1.17 bits per heavy atom. The molecule has 1 aliphatic heterocycles. The molecule has 4 nitrogen and oxygen atoms in total. The van der Waals surface area contributed by atoms with E-state index in [1.54, 1.807) is 17.2 Å². The summed E-state index contributed by atoms with van der Waals surface area (Å²) >= 11 is 3.30. The predicted octanol–water partition coefficient (Wildman–Crippen LogP) is 3.81. The van der Waals surface area contributed by atoms with Crippen LogP contribution >= 0.6 is 15.9 Å². The highest BCUT2D eigenvalue weighted by atomic mass is 79.9. The second-order valence-corrected chi connectivity index (χ2v) is 6.49. The Kier molecular flexibility index (Phi) is 5.08. The average Bonchev–Trinajstić information content (AvgIpc) is 2.58. The SMILES string of the molecule is O=C(c1cncc(Br)c1)N1CCC(Oc2ccc(F)c(F)c2)CC1. The summed E-state index contributed by atoms with van der Waals surface area (Å²) in [6.07, 6.45) is 4.30. The summed E-state index contributed by atoms with van der Waals surface area (Å²) in [4.78, 5) is 18.2. The Morgan fingerprint density at radius 2 is 1.92 bits per heavy atom. The van der Waals surface area contributed by atoms with E-state index in [2.05, 4.69) is 20.9 Å². The van der Waals surface area contributed by atoms with Crippen LogP contribution in [0.4, 0.5) is 8.78 Å². The van der Waals surface area contributed by atoms with E-state index in [1.807, 2.05) is 0 Å². The van der Waals surface area contributed by atoms with Crippen molar-refractivity contribution in [2.75, 3.05) is 13.1 Å². The smallest absolute Gasteiger partial charge is 0.255 e. The van der Waals surface area contributed by atoms with Crippen LogP contribution in [0.15, 0.2) is 41.1 Å². The summed E-state index contributed by atoms with van der Waals surface area (Å²) in [5.74, 6) is -1.60. The molecular formula is C17H15BrF2N2O2. The first kappa shape index (κ1) is 16.8. The van der Waals surface area contributed by atoms with E-state index >= 15 is 0 Å². The number of halogens is 3. The standard InChI is InChI=1S/C17H15BrF2N2O2/c18-12-7-11(9-21-10-12)17(23)22-5-3-13(4-6-22)24-14-1-2-15(19)16(20)8-14/h1-2,7-10,13H,3-6H2. The average molecular weight is 397 g/mol. The van der Waals surface area contributed by atoms with Crippen LogP contribution in [-0.4, -0.2) is 35.0 Å². The van der Waals surface area contributed by atoms with E-state index in [9.17, 15) is 13.6 Å². The Balaban J connectivity index is 1.57. The van der Waals surface area contributed by atoms with Crippen LogP contribution in [-0.2, 0) is 0 Å². The minimum absolute atomic E-state index is 0.0740. The number of nitrogens with zero attached hydrogens (tertiary/aromatic N) is 2. The number of rotatable bonds is 3. The van der Waals surface area contributed by atoms with E-state index in [0.29, 0.717) is 37.2 Å². The van der Waals surface area contributed by atoms with Gasteiger partial charge in [-0.05, 0) is 34.1 Å². The van der Waals surface area contributed by atoms with Crippen molar-refractivity contribution >= 4 is 21.8 Å². The Labute approximate surface area is 146 Å². The number of amides is 1. The number of ether oxygens (including phenoxy) is 1. The van der Waals surface area contributed by atoms with E-state index in [4.69, 9.17) is 4.74 Å². The van der Waals surface area contributed by atoms with Crippen molar-refractivity contribution in [2.45, 2.75) is 18.9 Å². The molecule has 0 radical (unpaired) electrons. The molecule has 7 heteroatoms. The highest BCUT2D eigenvalue weighted by Gasteiger charge is 2.25. The summed E-state index contributed by atoms with van der Waals surface area (Å²) in [5.41, 5.74) is 0.532. The first-order valence-corrected chi connectivity index (χ1v) is 8.34. The molecule has 1 fully saturated rings.